The molecule has 0 saturated heterocycles. The molecule has 2 rings (SSSR count). The van der Waals surface area contributed by atoms with E-state index in [0.717, 1.165) is 10.9 Å². The summed E-state index contributed by atoms with van der Waals surface area (Å²) in [5.41, 5.74) is 1.43. The molecule has 1 aromatic heterocycles. The quantitative estimate of drug-likeness (QED) is 0.631. The zero-order valence-electron chi connectivity index (χ0n) is 14.4. The third-order valence-electron chi connectivity index (χ3n) is 4.80. The van der Waals surface area contributed by atoms with Gasteiger partial charge >= 0.3 is 5.97 Å². The molecule has 0 fully saturated rings. The van der Waals surface area contributed by atoms with Crippen molar-refractivity contribution in [3.05, 3.63) is 36.0 Å². The molecular formula is C18H25NO2Si. The standard InChI is InChI=1S/C18H25NO2Si/c1-7-21-17(20)13-8-9-14-15(12-13)19-11-10-16(14)22(5,6)18(2,3)4/h8-12H,7H2,1-6H3. The molecular weight excluding hydrogens is 290 g/mol. The lowest BCUT2D eigenvalue weighted by Crippen LogP contribution is -2.49. The summed E-state index contributed by atoms with van der Waals surface area (Å²) in [5.74, 6) is -0.288. The lowest BCUT2D eigenvalue weighted by atomic mass is 10.1. The Balaban J connectivity index is 2.59. The van der Waals surface area contributed by atoms with Crippen LogP contribution in [0.15, 0.2) is 30.5 Å². The fourth-order valence-corrected chi connectivity index (χ4v) is 4.62. The molecule has 118 valence electrons. The van der Waals surface area contributed by atoms with Crippen molar-refractivity contribution in [3.8, 4) is 0 Å². The van der Waals surface area contributed by atoms with Crippen LogP contribution in [0.2, 0.25) is 18.1 Å². The summed E-state index contributed by atoms with van der Waals surface area (Å²) in [7, 11) is -1.66. The second-order valence-electron chi connectivity index (χ2n) is 7.19. The third-order valence-corrected chi connectivity index (χ3v) is 10.3. The molecule has 1 aromatic carbocycles. The summed E-state index contributed by atoms with van der Waals surface area (Å²) >= 11 is 0. The van der Waals surface area contributed by atoms with E-state index in [4.69, 9.17) is 4.74 Å². The van der Waals surface area contributed by atoms with E-state index in [0.29, 0.717) is 12.2 Å². The smallest absolute Gasteiger partial charge is 0.338 e. The molecule has 0 bridgehead atoms. The van der Waals surface area contributed by atoms with Crippen LogP contribution in [-0.4, -0.2) is 25.6 Å². The fraction of sp³-hybridized carbons (Fsp3) is 0.444. The highest BCUT2D eigenvalue weighted by atomic mass is 28.3. The maximum absolute atomic E-state index is 11.9. The molecule has 0 spiro atoms. The number of carbonyl (C=O) groups is 1. The Kier molecular flexibility index (Phi) is 4.43. The predicted octanol–water partition coefficient (Wildman–Crippen LogP) is 4.13. The first-order chi connectivity index (χ1) is 10.2. The first-order valence-electron chi connectivity index (χ1n) is 7.75. The first-order valence-corrected chi connectivity index (χ1v) is 10.7. The van der Waals surface area contributed by atoms with E-state index in [-0.39, 0.29) is 11.0 Å². The lowest BCUT2D eigenvalue weighted by Gasteiger charge is -2.38. The van der Waals surface area contributed by atoms with Crippen LogP contribution in [0.5, 0.6) is 0 Å². The molecule has 22 heavy (non-hydrogen) atoms. The zero-order chi connectivity index (χ0) is 16.5. The van der Waals surface area contributed by atoms with Gasteiger partial charge in [-0.25, -0.2) is 4.79 Å². The SMILES string of the molecule is CCOC(=O)c1ccc2c([Si](C)(C)C(C)(C)C)ccnc2c1. The molecule has 0 N–H and O–H groups in total. The number of nitrogens with zero attached hydrogens (tertiary/aromatic N) is 1. The minimum absolute atomic E-state index is 0.251. The largest absolute Gasteiger partial charge is 0.462 e. The van der Waals surface area contributed by atoms with Gasteiger partial charge in [-0.15, -0.1) is 0 Å². The maximum atomic E-state index is 11.9. The van der Waals surface area contributed by atoms with Gasteiger partial charge in [0, 0.05) is 6.20 Å². The van der Waals surface area contributed by atoms with Gasteiger partial charge in [-0.2, -0.15) is 0 Å². The molecule has 0 aliphatic carbocycles. The Labute approximate surface area is 133 Å². The molecule has 4 heteroatoms. The highest BCUT2D eigenvalue weighted by Crippen LogP contribution is 2.36. The van der Waals surface area contributed by atoms with E-state index in [1.807, 2.05) is 31.3 Å². The molecule has 0 aliphatic rings. The summed E-state index contributed by atoms with van der Waals surface area (Å²) in [6, 6.07) is 7.84. The number of pyridine rings is 1. The maximum Gasteiger partial charge on any atom is 0.338 e. The summed E-state index contributed by atoms with van der Waals surface area (Å²) in [6.45, 7) is 13.9. The van der Waals surface area contributed by atoms with Crippen molar-refractivity contribution in [2.45, 2.75) is 45.8 Å². The monoisotopic (exact) mass is 315 g/mol. The van der Waals surface area contributed by atoms with Crippen molar-refractivity contribution in [3.63, 3.8) is 0 Å². The number of hydrogen-bond acceptors (Lipinski definition) is 3. The van der Waals surface area contributed by atoms with Gasteiger partial charge in [0.2, 0.25) is 0 Å². The van der Waals surface area contributed by atoms with Crippen molar-refractivity contribution in [2.75, 3.05) is 6.61 Å². The van der Waals surface area contributed by atoms with E-state index in [1.54, 1.807) is 0 Å². The van der Waals surface area contributed by atoms with Crippen molar-refractivity contribution in [2.24, 2.45) is 0 Å². The van der Waals surface area contributed by atoms with Crippen LogP contribution in [0.25, 0.3) is 10.9 Å². The minimum atomic E-state index is -1.66. The third kappa shape index (κ3) is 2.93. The van der Waals surface area contributed by atoms with Gasteiger partial charge in [0.25, 0.3) is 0 Å². The number of benzene rings is 1. The Hall–Kier alpha value is -1.68. The van der Waals surface area contributed by atoms with E-state index >= 15 is 0 Å². The molecule has 3 nitrogen and oxygen atoms in total. The number of aromatic nitrogens is 1. The van der Waals surface area contributed by atoms with E-state index in [2.05, 4.69) is 44.9 Å². The van der Waals surface area contributed by atoms with Crippen LogP contribution < -0.4 is 5.19 Å². The topological polar surface area (TPSA) is 39.2 Å². The molecule has 0 atom stereocenters. The van der Waals surface area contributed by atoms with Gasteiger partial charge in [-0.1, -0.05) is 39.9 Å². The minimum Gasteiger partial charge on any atom is -0.462 e. The molecule has 0 unspecified atom stereocenters. The van der Waals surface area contributed by atoms with Crippen LogP contribution in [0.4, 0.5) is 0 Å². The van der Waals surface area contributed by atoms with Crippen LogP contribution >= 0.6 is 0 Å². The highest BCUT2D eigenvalue weighted by Gasteiger charge is 2.37. The number of hydrogen-bond donors (Lipinski definition) is 0. The summed E-state index contributed by atoms with van der Waals surface area (Å²) in [6.07, 6.45) is 1.85. The molecule has 2 aromatic rings. The van der Waals surface area contributed by atoms with Gasteiger partial charge in [0.05, 0.1) is 25.8 Å². The Morgan fingerprint density at radius 1 is 1.23 bits per heavy atom. The second-order valence-corrected chi connectivity index (χ2v) is 12.5. The van der Waals surface area contributed by atoms with Gasteiger partial charge < -0.3 is 4.74 Å². The van der Waals surface area contributed by atoms with Crippen LogP contribution in [0.3, 0.4) is 0 Å². The normalized spacial score (nSPS) is 12.5. The van der Waals surface area contributed by atoms with E-state index in [1.165, 1.54) is 5.19 Å². The second kappa shape index (κ2) is 5.84. The zero-order valence-corrected chi connectivity index (χ0v) is 15.4. The molecule has 0 radical (unpaired) electrons. The van der Waals surface area contributed by atoms with Crippen molar-refractivity contribution >= 4 is 30.1 Å². The van der Waals surface area contributed by atoms with Crippen LogP contribution in [-0.2, 0) is 4.74 Å². The van der Waals surface area contributed by atoms with Crippen molar-refractivity contribution in [1.29, 1.82) is 0 Å². The molecule has 0 aliphatic heterocycles. The average molecular weight is 315 g/mol. The Morgan fingerprint density at radius 3 is 2.50 bits per heavy atom. The number of carbonyl (C=O) groups excluding carboxylic acids is 1. The molecule has 0 saturated carbocycles. The Bertz CT molecular complexity index is 702. The summed E-state index contributed by atoms with van der Waals surface area (Å²) in [5, 5.41) is 2.80. The van der Waals surface area contributed by atoms with Crippen LogP contribution in [0, 0.1) is 0 Å². The first kappa shape index (κ1) is 16.7. The van der Waals surface area contributed by atoms with Gasteiger partial charge in [0.15, 0.2) is 0 Å². The van der Waals surface area contributed by atoms with E-state index in [9.17, 15) is 4.79 Å². The summed E-state index contributed by atoms with van der Waals surface area (Å²) in [4.78, 5) is 16.3. The number of fused-ring (bicyclic) bond motifs is 1. The number of esters is 1. The number of rotatable bonds is 3. The predicted molar refractivity (Wildman–Crippen MR) is 94.5 cm³/mol. The van der Waals surface area contributed by atoms with Gasteiger partial charge in [-0.05, 0) is 40.7 Å². The summed E-state index contributed by atoms with van der Waals surface area (Å²) < 4.78 is 5.07. The van der Waals surface area contributed by atoms with E-state index < -0.39 is 8.07 Å². The van der Waals surface area contributed by atoms with Crippen molar-refractivity contribution in [1.82, 2.24) is 4.98 Å². The van der Waals surface area contributed by atoms with Gasteiger partial charge in [0.1, 0.15) is 0 Å². The highest BCUT2D eigenvalue weighted by molar-refractivity contribution is 6.93. The van der Waals surface area contributed by atoms with Crippen molar-refractivity contribution < 1.29 is 9.53 Å². The van der Waals surface area contributed by atoms with Crippen LogP contribution in [0.1, 0.15) is 38.1 Å². The Morgan fingerprint density at radius 2 is 1.91 bits per heavy atom. The number of ether oxygens (including phenoxy) is 1. The molecule has 0 amide bonds. The lowest BCUT2D eigenvalue weighted by molar-refractivity contribution is 0.0526. The fourth-order valence-electron chi connectivity index (χ4n) is 2.44. The molecule has 1 heterocycles. The average Bonchev–Trinajstić information content (AvgIpc) is 2.45. The van der Waals surface area contributed by atoms with Gasteiger partial charge in [-0.3, -0.25) is 4.98 Å².